The summed E-state index contributed by atoms with van der Waals surface area (Å²) in [6.45, 7) is 0. The zero-order chi connectivity index (χ0) is 33.5. The van der Waals surface area contributed by atoms with E-state index in [1.165, 1.54) is 4.70 Å². The molecule has 240 valence electrons. The molecule has 0 saturated heterocycles. The quantitative estimate of drug-likeness (QED) is 0.188. The molecule has 8 nitrogen and oxygen atoms in total. The number of oxazole rings is 1. The topological polar surface area (TPSA) is 109 Å². The lowest BCUT2D eigenvalue weighted by molar-refractivity contribution is 0.459. The van der Waals surface area contributed by atoms with E-state index in [-0.39, 0.29) is 0 Å². The minimum absolute atomic E-state index is 0.442. The molecule has 5 aromatic heterocycles. The zero-order valence-electron chi connectivity index (χ0n) is 26.7. The maximum atomic E-state index is 6.66. The molecular weight excluding hydrogens is 653 g/mol. The molecule has 0 radical (unpaired) electrons. The van der Waals surface area contributed by atoms with Gasteiger partial charge in [0.1, 0.15) is 22.7 Å². The molecule has 0 amide bonds. The second-order valence-electron chi connectivity index (χ2n) is 12.5. The summed E-state index contributed by atoms with van der Waals surface area (Å²) >= 11 is 1.74. The average molecular weight is 677 g/mol. The normalized spacial score (nSPS) is 11.9. The number of hydrogen-bond acceptors (Lipinski definition) is 7. The Morgan fingerprint density at radius 3 is 2.18 bits per heavy atom. The Hall–Kier alpha value is -6.84. The second kappa shape index (κ2) is 10.8. The van der Waals surface area contributed by atoms with Crippen molar-refractivity contribution in [3.05, 3.63) is 133 Å². The summed E-state index contributed by atoms with van der Waals surface area (Å²) in [5, 5.41) is 16.1. The van der Waals surface area contributed by atoms with Gasteiger partial charge in [-0.15, -0.1) is 11.3 Å². The predicted octanol–water partition coefficient (Wildman–Crippen LogP) is 11.3. The van der Waals surface area contributed by atoms with Gasteiger partial charge in [0, 0.05) is 42.6 Å². The number of H-pyrrole nitrogens is 2. The lowest BCUT2D eigenvalue weighted by atomic mass is 9.86. The van der Waals surface area contributed by atoms with Crippen LogP contribution in [0.1, 0.15) is 0 Å². The van der Waals surface area contributed by atoms with Crippen molar-refractivity contribution in [1.29, 1.82) is 0 Å². The van der Waals surface area contributed by atoms with Crippen molar-refractivity contribution in [3.8, 4) is 55.8 Å². The number of rotatable bonds is 5. The molecule has 0 unspecified atom stereocenters. The number of nitrogens with one attached hydrogen (secondary N) is 2. The van der Waals surface area contributed by atoms with Gasteiger partial charge in [0.15, 0.2) is 11.2 Å². The molecule has 11 rings (SSSR count). The molecule has 0 aliphatic carbocycles. The van der Waals surface area contributed by atoms with Crippen molar-refractivity contribution in [3.63, 3.8) is 0 Å². The van der Waals surface area contributed by atoms with Gasteiger partial charge >= 0.3 is 0 Å². The third-order valence-corrected chi connectivity index (χ3v) is 10.6. The summed E-state index contributed by atoms with van der Waals surface area (Å²) in [4.78, 5) is 15.1. The fraction of sp³-hybridized carbons (Fsp3) is 0. The average Bonchev–Trinajstić information content (AvgIpc) is 4.02. The van der Waals surface area contributed by atoms with Crippen LogP contribution < -0.4 is 0 Å². The number of benzene rings is 6. The molecule has 11 aromatic rings. The fourth-order valence-electron chi connectivity index (χ4n) is 7.17. The van der Waals surface area contributed by atoms with Crippen LogP contribution in [0.4, 0.5) is 0 Å². The lowest BCUT2D eigenvalue weighted by Gasteiger charge is -2.19. The highest BCUT2D eigenvalue weighted by molar-refractivity contribution is 7.22. The summed E-state index contributed by atoms with van der Waals surface area (Å²) < 4.78 is 13.8. The van der Waals surface area contributed by atoms with Gasteiger partial charge in [-0.2, -0.15) is 5.10 Å². The summed E-state index contributed by atoms with van der Waals surface area (Å²) in [5.74, 6) is 1.10. The number of aromatic nitrogens is 6. The van der Waals surface area contributed by atoms with Crippen LogP contribution in [0.25, 0.3) is 110 Å². The Labute approximate surface area is 293 Å². The van der Waals surface area contributed by atoms with E-state index in [1.807, 2.05) is 91.0 Å². The van der Waals surface area contributed by atoms with Gasteiger partial charge in [0.2, 0.25) is 5.89 Å². The third-order valence-electron chi connectivity index (χ3n) is 9.49. The van der Waals surface area contributed by atoms with Gasteiger partial charge in [0.05, 0.1) is 22.1 Å². The Balaban J connectivity index is 1.38. The minimum Gasteiger partial charge on any atom is -0.436 e. The predicted molar refractivity (Wildman–Crippen MR) is 203 cm³/mol. The van der Waals surface area contributed by atoms with Crippen molar-refractivity contribution < 1.29 is 8.94 Å². The van der Waals surface area contributed by atoms with E-state index < -0.39 is 0 Å². The zero-order valence-corrected chi connectivity index (χ0v) is 27.5. The number of imidazole rings is 1. The summed E-state index contributed by atoms with van der Waals surface area (Å²) in [6, 6.07) is 44.9. The van der Waals surface area contributed by atoms with Gasteiger partial charge in [-0.3, -0.25) is 5.10 Å². The first-order valence-corrected chi connectivity index (χ1v) is 17.4. The van der Waals surface area contributed by atoms with Crippen molar-refractivity contribution in [1.82, 2.24) is 30.3 Å². The van der Waals surface area contributed by atoms with Gasteiger partial charge in [0.25, 0.3) is 0 Å². The van der Waals surface area contributed by atoms with Crippen molar-refractivity contribution in [2.24, 2.45) is 0 Å². The summed E-state index contributed by atoms with van der Waals surface area (Å²) in [7, 11) is 0. The molecule has 6 aromatic carbocycles. The van der Waals surface area contributed by atoms with E-state index in [1.54, 1.807) is 11.3 Å². The van der Waals surface area contributed by atoms with E-state index in [2.05, 4.69) is 52.5 Å². The molecule has 0 aliphatic rings. The minimum atomic E-state index is 0.442. The van der Waals surface area contributed by atoms with Crippen LogP contribution in [0.15, 0.2) is 142 Å². The lowest BCUT2D eigenvalue weighted by Crippen LogP contribution is -1.99. The van der Waals surface area contributed by atoms with Crippen molar-refractivity contribution in [2.75, 3.05) is 0 Å². The van der Waals surface area contributed by atoms with Gasteiger partial charge in [-0.1, -0.05) is 78.0 Å². The van der Waals surface area contributed by atoms with E-state index >= 15 is 0 Å². The Morgan fingerprint density at radius 1 is 0.569 bits per heavy atom. The molecule has 0 fully saturated rings. The van der Waals surface area contributed by atoms with E-state index in [0.717, 1.165) is 76.6 Å². The molecule has 2 N–H and O–H groups in total. The molecule has 0 bridgehead atoms. The Bertz CT molecular complexity index is 3030. The van der Waals surface area contributed by atoms with Crippen LogP contribution in [0, 0.1) is 0 Å². The number of thiophene rings is 1. The summed E-state index contributed by atoms with van der Waals surface area (Å²) in [6.07, 6.45) is 0. The van der Waals surface area contributed by atoms with Gasteiger partial charge in [-0.25, -0.2) is 9.97 Å². The third kappa shape index (κ3) is 4.32. The number of nitrogens with zero attached hydrogens (tertiary/aromatic N) is 4. The molecule has 0 aliphatic heterocycles. The summed E-state index contributed by atoms with van der Waals surface area (Å²) in [5.41, 5.74) is 10.5. The van der Waals surface area contributed by atoms with Crippen molar-refractivity contribution >= 4 is 65.4 Å². The highest BCUT2D eigenvalue weighted by Gasteiger charge is 2.32. The first-order chi connectivity index (χ1) is 25.3. The molecule has 5 heterocycles. The molecule has 0 spiro atoms. The number of fused-ring (bicyclic) bond motifs is 5. The van der Waals surface area contributed by atoms with Crippen LogP contribution in [-0.2, 0) is 0 Å². The Kier molecular flexibility index (Phi) is 5.96. The molecule has 0 atom stereocenters. The SMILES string of the molecule is c1ccc2sc(-c3cc(-c4noc5ccccc45)c(-c4nc5ccccc5o4)c(-c4nc5ccccc5[nH]4)c3-c3n[nH]c4ccccc34)cc2c1. The highest BCUT2D eigenvalue weighted by atomic mass is 32.1. The smallest absolute Gasteiger partial charge is 0.228 e. The molecular formula is C42H24N6O2S. The molecule has 51 heavy (non-hydrogen) atoms. The van der Waals surface area contributed by atoms with Crippen LogP contribution in [0.3, 0.4) is 0 Å². The molecule has 0 saturated carbocycles. The van der Waals surface area contributed by atoms with Crippen molar-refractivity contribution in [2.45, 2.75) is 0 Å². The van der Waals surface area contributed by atoms with E-state index in [4.69, 9.17) is 29.2 Å². The number of hydrogen-bond donors (Lipinski definition) is 2. The fourth-order valence-corrected chi connectivity index (χ4v) is 8.25. The van der Waals surface area contributed by atoms with Gasteiger partial charge in [-0.05, 0) is 66.0 Å². The number of aromatic amines is 2. The highest BCUT2D eigenvalue weighted by Crippen LogP contribution is 2.52. The largest absolute Gasteiger partial charge is 0.436 e. The van der Waals surface area contributed by atoms with Gasteiger partial charge < -0.3 is 13.9 Å². The first-order valence-electron chi connectivity index (χ1n) is 16.6. The van der Waals surface area contributed by atoms with Crippen LogP contribution in [0.2, 0.25) is 0 Å². The van der Waals surface area contributed by atoms with E-state index in [9.17, 15) is 0 Å². The maximum absolute atomic E-state index is 6.66. The monoisotopic (exact) mass is 676 g/mol. The van der Waals surface area contributed by atoms with E-state index in [0.29, 0.717) is 28.6 Å². The van der Waals surface area contributed by atoms with Crippen LogP contribution in [-0.4, -0.2) is 30.3 Å². The Morgan fingerprint density at radius 2 is 1.31 bits per heavy atom. The standard InChI is InChI=1S/C42H24N6O2S/c1-10-20-34-23(11-1)21-35(51-34)26-22-27(39-25-13-3-8-18-32(25)50-48-39)37(42-45-31-17-7-9-19-33(31)49-42)38(41-43-29-15-5-6-16-30(29)44-41)36(26)40-24-12-2-4-14-28(24)46-47-40/h1-22H,(H,43,44)(H,46,47). The first kappa shape index (κ1) is 28.0. The maximum Gasteiger partial charge on any atom is 0.228 e. The second-order valence-corrected chi connectivity index (χ2v) is 13.6. The van der Waals surface area contributed by atoms with Crippen LogP contribution >= 0.6 is 11.3 Å². The van der Waals surface area contributed by atoms with Crippen LogP contribution in [0.5, 0.6) is 0 Å². The molecule has 9 heteroatoms. The number of para-hydroxylation sites is 6.